The molecule has 32 heavy (non-hydrogen) atoms. The molecule has 0 saturated carbocycles. The van der Waals surface area contributed by atoms with Crippen molar-refractivity contribution in [1.82, 2.24) is 14.8 Å². The Morgan fingerprint density at radius 1 is 1.09 bits per heavy atom. The first-order valence-corrected chi connectivity index (χ1v) is 11.7. The highest BCUT2D eigenvalue weighted by atomic mass is 79.9. The smallest absolute Gasteiger partial charge is 0.234 e. The van der Waals surface area contributed by atoms with Gasteiger partial charge in [0.05, 0.1) is 18.6 Å². The van der Waals surface area contributed by atoms with Gasteiger partial charge in [-0.05, 0) is 36.4 Å². The fraction of sp³-hybridized carbons (Fsp3) is 0.0870. The zero-order valence-corrected chi connectivity index (χ0v) is 20.1. The van der Waals surface area contributed by atoms with Crippen LogP contribution in [0.3, 0.4) is 0 Å². The fourth-order valence-corrected chi connectivity index (χ4v) is 4.47. The van der Waals surface area contributed by atoms with Crippen molar-refractivity contribution in [3.63, 3.8) is 0 Å². The lowest BCUT2D eigenvalue weighted by atomic mass is 10.2. The molecule has 3 aromatic carbocycles. The van der Waals surface area contributed by atoms with Crippen LogP contribution in [0.5, 0.6) is 5.75 Å². The Kier molecular flexibility index (Phi) is 7.14. The Balaban J connectivity index is 1.60. The number of rotatable bonds is 7. The molecule has 162 valence electrons. The third-order valence-electron chi connectivity index (χ3n) is 4.53. The van der Waals surface area contributed by atoms with Crippen LogP contribution in [0.2, 0.25) is 5.02 Å². The van der Waals surface area contributed by atoms with Gasteiger partial charge in [0.2, 0.25) is 5.91 Å². The summed E-state index contributed by atoms with van der Waals surface area (Å²) < 4.78 is 8.15. The molecule has 1 N–H and O–H groups in total. The summed E-state index contributed by atoms with van der Waals surface area (Å²) in [5.74, 6) is 1.15. The molecule has 0 aliphatic heterocycles. The molecule has 0 fully saturated rings. The van der Waals surface area contributed by atoms with E-state index >= 15 is 0 Å². The number of benzene rings is 3. The number of thioether (sulfide) groups is 1. The average molecular weight is 530 g/mol. The van der Waals surface area contributed by atoms with Gasteiger partial charge in [-0.25, -0.2) is 0 Å². The van der Waals surface area contributed by atoms with Gasteiger partial charge in [0, 0.05) is 20.7 Å². The molecule has 4 rings (SSSR count). The number of methoxy groups -OCH3 is 1. The van der Waals surface area contributed by atoms with Crippen LogP contribution in [0, 0.1) is 0 Å². The number of halogens is 2. The average Bonchev–Trinajstić information content (AvgIpc) is 3.22. The molecular weight excluding hydrogens is 512 g/mol. The van der Waals surface area contributed by atoms with Crippen molar-refractivity contribution < 1.29 is 9.53 Å². The molecule has 0 spiro atoms. The predicted octanol–water partition coefficient (Wildman–Crippen LogP) is 6.09. The van der Waals surface area contributed by atoms with Crippen molar-refractivity contribution in [3.8, 4) is 22.8 Å². The molecule has 0 saturated heterocycles. The highest BCUT2D eigenvalue weighted by molar-refractivity contribution is 9.10. The summed E-state index contributed by atoms with van der Waals surface area (Å²) in [5, 5.41) is 12.7. The van der Waals surface area contributed by atoms with Gasteiger partial charge in [0.1, 0.15) is 5.75 Å². The standard InChI is InChI=1S/C23H18BrClN4O2S/c1-31-20-12-11-15(25)13-19(20)26-21(30)14-32-23-28-27-22(17-9-5-6-10-18(17)24)29(23)16-7-3-2-4-8-16/h2-13H,14H2,1H3,(H,26,30). The molecule has 0 aliphatic carbocycles. The first-order chi connectivity index (χ1) is 15.6. The number of hydrogen-bond acceptors (Lipinski definition) is 5. The molecule has 1 amide bonds. The lowest BCUT2D eigenvalue weighted by Crippen LogP contribution is -2.15. The van der Waals surface area contributed by atoms with E-state index in [1.165, 1.54) is 11.8 Å². The van der Waals surface area contributed by atoms with Gasteiger partial charge in [-0.3, -0.25) is 9.36 Å². The van der Waals surface area contributed by atoms with E-state index in [1.807, 2.05) is 59.2 Å². The zero-order chi connectivity index (χ0) is 22.5. The second-order valence-corrected chi connectivity index (χ2v) is 8.87. The van der Waals surface area contributed by atoms with Gasteiger partial charge in [-0.15, -0.1) is 10.2 Å². The van der Waals surface area contributed by atoms with E-state index in [4.69, 9.17) is 16.3 Å². The van der Waals surface area contributed by atoms with Crippen LogP contribution in [0.1, 0.15) is 0 Å². The Morgan fingerprint density at radius 3 is 2.59 bits per heavy atom. The van der Waals surface area contributed by atoms with Crippen LogP contribution in [0.4, 0.5) is 5.69 Å². The quantitative estimate of drug-likeness (QED) is 0.293. The maximum Gasteiger partial charge on any atom is 0.234 e. The molecule has 4 aromatic rings. The van der Waals surface area contributed by atoms with Gasteiger partial charge in [0.25, 0.3) is 0 Å². The summed E-state index contributed by atoms with van der Waals surface area (Å²) in [7, 11) is 1.54. The zero-order valence-electron chi connectivity index (χ0n) is 17.0. The Bertz CT molecular complexity index is 1250. The summed E-state index contributed by atoms with van der Waals surface area (Å²) in [6.45, 7) is 0. The summed E-state index contributed by atoms with van der Waals surface area (Å²) in [6.07, 6.45) is 0. The minimum Gasteiger partial charge on any atom is -0.495 e. The SMILES string of the molecule is COc1ccc(Cl)cc1NC(=O)CSc1nnc(-c2ccccc2Br)n1-c1ccccc1. The van der Waals surface area contributed by atoms with E-state index in [0.717, 1.165) is 15.7 Å². The number of para-hydroxylation sites is 1. The van der Waals surface area contributed by atoms with Gasteiger partial charge >= 0.3 is 0 Å². The van der Waals surface area contributed by atoms with E-state index < -0.39 is 0 Å². The highest BCUT2D eigenvalue weighted by Crippen LogP contribution is 2.32. The van der Waals surface area contributed by atoms with Gasteiger partial charge in [-0.2, -0.15) is 0 Å². The maximum atomic E-state index is 12.6. The molecule has 0 radical (unpaired) electrons. The van der Waals surface area contributed by atoms with E-state index in [9.17, 15) is 4.79 Å². The first-order valence-electron chi connectivity index (χ1n) is 9.58. The van der Waals surface area contributed by atoms with E-state index in [0.29, 0.717) is 27.4 Å². The van der Waals surface area contributed by atoms with Crippen LogP contribution < -0.4 is 10.1 Å². The minimum atomic E-state index is -0.208. The van der Waals surface area contributed by atoms with Crippen LogP contribution >= 0.6 is 39.3 Å². The molecule has 1 aromatic heterocycles. The lowest BCUT2D eigenvalue weighted by molar-refractivity contribution is -0.113. The minimum absolute atomic E-state index is 0.136. The second kappa shape index (κ2) is 10.2. The summed E-state index contributed by atoms with van der Waals surface area (Å²) >= 11 is 10.9. The number of amides is 1. The van der Waals surface area contributed by atoms with Crippen LogP contribution in [0.15, 0.2) is 82.4 Å². The fourth-order valence-electron chi connectivity index (χ4n) is 3.08. The number of ether oxygens (including phenoxy) is 1. The number of aromatic nitrogens is 3. The highest BCUT2D eigenvalue weighted by Gasteiger charge is 2.19. The number of nitrogens with zero attached hydrogens (tertiary/aromatic N) is 3. The van der Waals surface area contributed by atoms with E-state index in [-0.39, 0.29) is 11.7 Å². The van der Waals surface area contributed by atoms with Crippen LogP contribution in [0.25, 0.3) is 17.1 Å². The lowest BCUT2D eigenvalue weighted by Gasteiger charge is -2.12. The van der Waals surface area contributed by atoms with Crippen molar-refractivity contribution in [2.45, 2.75) is 5.16 Å². The van der Waals surface area contributed by atoms with Gasteiger partial charge < -0.3 is 10.1 Å². The first kappa shape index (κ1) is 22.4. The van der Waals surface area contributed by atoms with E-state index in [2.05, 4.69) is 31.4 Å². The summed E-state index contributed by atoms with van der Waals surface area (Å²) in [6, 6.07) is 22.7. The monoisotopic (exact) mass is 528 g/mol. The van der Waals surface area contributed by atoms with Crippen molar-refractivity contribution in [2.75, 3.05) is 18.2 Å². The maximum absolute atomic E-state index is 12.6. The van der Waals surface area contributed by atoms with Crippen molar-refractivity contribution in [1.29, 1.82) is 0 Å². The number of hydrogen-bond donors (Lipinski definition) is 1. The summed E-state index contributed by atoms with van der Waals surface area (Å²) in [5.41, 5.74) is 2.33. The second-order valence-electron chi connectivity index (χ2n) is 6.64. The van der Waals surface area contributed by atoms with Crippen LogP contribution in [-0.2, 0) is 4.79 Å². The molecule has 1 heterocycles. The summed E-state index contributed by atoms with van der Waals surface area (Å²) in [4.78, 5) is 12.6. The predicted molar refractivity (Wildman–Crippen MR) is 132 cm³/mol. The Hall–Kier alpha value is -2.81. The van der Waals surface area contributed by atoms with Crippen molar-refractivity contribution >= 4 is 50.9 Å². The number of anilines is 1. The molecule has 6 nitrogen and oxygen atoms in total. The third-order valence-corrected chi connectivity index (χ3v) is 6.39. The van der Waals surface area contributed by atoms with Crippen molar-refractivity contribution in [2.24, 2.45) is 0 Å². The Labute approximate surface area is 203 Å². The largest absolute Gasteiger partial charge is 0.495 e. The Morgan fingerprint density at radius 2 is 1.84 bits per heavy atom. The van der Waals surface area contributed by atoms with Gasteiger partial charge in [0.15, 0.2) is 11.0 Å². The van der Waals surface area contributed by atoms with Crippen molar-refractivity contribution in [3.05, 3.63) is 82.3 Å². The van der Waals surface area contributed by atoms with Crippen LogP contribution in [-0.4, -0.2) is 33.5 Å². The number of nitrogens with one attached hydrogen (secondary N) is 1. The number of carbonyl (C=O) groups excluding carboxylic acids is 1. The normalized spacial score (nSPS) is 10.7. The third kappa shape index (κ3) is 4.98. The molecule has 9 heteroatoms. The topological polar surface area (TPSA) is 69.0 Å². The van der Waals surface area contributed by atoms with Gasteiger partial charge in [-0.1, -0.05) is 75.7 Å². The number of carbonyl (C=O) groups is 1. The molecule has 0 unspecified atom stereocenters. The molecule has 0 atom stereocenters. The molecular formula is C23H18BrClN4O2S. The van der Waals surface area contributed by atoms with E-state index in [1.54, 1.807) is 25.3 Å². The molecule has 0 aliphatic rings. The molecule has 0 bridgehead atoms.